The molecule has 0 aromatic carbocycles. The molecule has 0 bridgehead atoms. The second kappa shape index (κ2) is 6.03. The van der Waals surface area contributed by atoms with Gasteiger partial charge in [-0.3, -0.25) is 0 Å². The van der Waals surface area contributed by atoms with Crippen LogP contribution in [0.1, 0.15) is 56.3 Å². The van der Waals surface area contributed by atoms with E-state index in [2.05, 4.69) is 15.3 Å². The van der Waals surface area contributed by atoms with E-state index in [1.54, 1.807) is 0 Å². The fourth-order valence-corrected chi connectivity index (χ4v) is 2.58. The third-order valence-corrected chi connectivity index (χ3v) is 3.74. The van der Waals surface area contributed by atoms with Gasteiger partial charge in [-0.2, -0.15) is 0 Å². The molecule has 1 aliphatic carbocycles. The maximum absolute atomic E-state index is 5.89. The second-order valence-corrected chi connectivity index (χ2v) is 5.32. The van der Waals surface area contributed by atoms with Crippen molar-refractivity contribution in [3.05, 3.63) is 11.4 Å². The average molecular weight is 248 g/mol. The van der Waals surface area contributed by atoms with Gasteiger partial charge in [-0.05, 0) is 26.7 Å². The Labute approximate surface area is 109 Å². The number of hydrogen-bond acceptors (Lipinski definition) is 4. The molecule has 0 spiro atoms. The van der Waals surface area contributed by atoms with Gasteiger partial charge in [0, 0.05) is 11.6 Å². The summed E-state index contributed by atoms with van der Waals surface area (Å²) in [6, 6.07) is 0.540. The van der Waals surface area contributed by atoms with Gasteiger partial charge < -0.3 is 11.1 Å². The summed E-state index contributed by atoms with van der Waals surface area (Å²) in [6.07, 6.45) is 9.23. The number of nitrogens with two attached hydrogens (primary N) is 1. The van der Waals surface area contributed by atoms with E-state index in [1.807, 2.05) is 13.8 Å². The molecule has 1 saturated carbocycles. The molecule has 1 aliphatic rings. The monoisotopic (exact) mass is 248 g/mol. The first kappa shape index (κ1) is 13.1. The zero-order valence-corrected chi connectivity index (χ0v) is 11.5. The molecule has 1 aromatic heterocycles. The zero-order chi connectivity index (χ0) is 13.0. The third kappa shape index (κ3) is 3.34. The van der Waals surface area contributed by atoms with Gasteiger partial charge in [0.1, 0.15) is 17.5 Å². The second-order valence-electron chi connectivity index (χ2n) is 5.32. The number of aryl methyl sites for hydroxylation is 1. The van der Waals surface area contributed by atoms with Crippen molar-refractivity contribution in [1.82, 2.24) is 9.97 Å². The highest BCUT2D eigenvalue weighted by Crippen LogP contribution is 2.23. The first-order valence-corrected chi connectivity index (χ1v) is 7.04. The van der Waals surface area contributed by atoms with Crippen molar-refractivity contribution in [3.63, 3.8) is 0 Å². The highest BCUT2D eigenvalue weighted by atomic mass is 15.1. The van der Waals surface area contributed by atoms with Crippen molar-refractivity contribution in [2.45, 2.75) is 64.8 Å². The van der Waals surface area contributed by atoms with E-state index in [4.69, 9.17) is 5.73 Å². The lowest BCUT2D eigenvalue weighted by Gasteiger charge is -2.22. The van der Waals surface area contributed by atoms with Crippen molar-refractivity contribution in [2.24, 2.45) is 0 Å². The molecule has 0 aliphatic heterocycles. The molecule has 0 atom stereocenters. The summed E-state index contributed by atoms with van der Waals surface area (Å²) in [5.41, 5.74) is 6.87. The number of aromatic nitrogens is 2. The van der Waals surface area contributed by atoms with Gasteiger partial charge in [-0.15, -0.1) is 0 Å². The maximum atomic E-state index is 5.89. The lowest BCUT2D eigenvalue weighted by molar-refractivity contribution is 0.470. The molecular weight excluding hydrogens is 224 g/mol. The van der Waals surface area contributed by atoms with E-state index in [0.29, 0.717) is 11.9 Å². The minimum Gasteiger partial charge on any atom is -0.383 e. The van der Waals surface area contributed by atoms with Crippen LogP contribution < -0.4 is 11.1 Å². The smallest absolute Gasteiger partial charge is 0.134 e. The average Bonchev–Trinajstić information content (AvgIpc) is 2.28. The first-order chi connectivity index (χ1) is 8.66. The highest BCUT2D eigenvalue weighted by molar-refractivity contribution is 5.55. The largest absolute Gasteiger partial charge is 0.383 e. The van der Waals surface area contributed by atoms with E-state index >= 15 is 0 Å². The summed E-state index contributed by atoms with van der Waals surface area (Å²) in [4.78, 5) is 8.67. The zero-order valence-electron chi connectivity index (χ0n) is 11.5. The number of hydrogen-bond donors (Lipinski definition) is 2. The van der Waals surface area contributed by atoms with Gasteiger partial charge in [0.25, 0.3) is 0 Å². The summed E-state index contributed by atoms with van der Waals surface area (Å²) in [6.45, 7) is 3.87. The minimum absolute atomic E-state index is 0.540. The summed E-state index contributed by atoms with van der Waals surface area (Å²) in [5.74, 6) is 2.26. The predicted molar refractivity (Wildman–Crippen MR) is 75.6 cm³/mol. The van der Waals surface area contributed by atoms with E-state index in [0.717, 1.165) is 17.2 Å². The molecular formula is C14H24N4. The van der Waals surface area contributed by atoms with Gasteiger partial charge in [0.15, 0.2) is 0 Å². The van der Waals surface area contributed by atoms with Crippen molar-refractivity contribution < 1.29 is 0 Å². The van der Waals surface area contributed by atoms with E-state index in [1.165, 1.54) is 44.9 Å². The molecule has 1 fully saturated rings. The van der Waals surface area contributed by atoms with Gasteiger partial charge in [0.2, 0.25) is 0 Å². The molecule has 3 N–H and O–H groups in total. The molecule has 1 heterocycles. The van der Waals surface area contributed by atoms with Crippen molar-refractivity contribution >= 4 is 11.6 Å². The topological polar surface area (TPSA) is 63.8 Å². The molecule has 1 aromatic rings. The summed E-state index contributed by atoms with van der Waals surface area (Å²) >= 11 is 0. The van der Waals surface area contributed by atoms with Crippen LogP contribution in [0.25, 0.3) is 0 Å². The van der Waals surface area contributed by atoms with Crippen LogP contribution in [0.2, 0.25) is 0 Å². The van der Waals surface area contributed by atoms with E-state index < -0.39 is 0 Å². The lowest BCUT2D eigenvalue weighted by atomic mass is 9.96. The van der Waals surface area contributed by atoms with Gasteiger partial charge in [-0.1, -0.05) is 32.1 Å². The SMILES string of the molecule is Cc1nc(N)c(C)c(NC2CCCCCCC2)n1. The number of nitrogens with one attached hydrogen (secondary N) is 1. The quantitative estimate of drug-likeness (QED) is 0.843. The van der Waals surface area contributed by atoms with Crippen molar-refractivity contribution in [2.75, 3.05) is 11.1 Å². The summed E-state index contributed by atoms with van der Waals surface area (Å²) in [5, 5.41) is 3.57. The first-order valence-electron chi connectivity index (χ1n) is 7.04. The Morgan fingerprint density at radius 1 is 1.00 bits per heavy atom. The van der Waals surface area contributed by atoms with Crippen LogP contribution in [0.4, 0.5) is 11.6 Å². The Balaban J connectivity index is 2.07. The number of anilines is 2. The normalized spacial score (nSPS) is 18.1. The number of nitrogens with zero attached hydrogens (tertiary/aromatic N) is 2. The van der Waals surface area contributed by atoms with Crippen LogP contribution in [-0.2, 0) is 0 Å². The van der Waals surface area contributed by atoms with Gasteiger partial charge in [0.05, 0.1) is 0 Å². The van der Waals surface area contributed by atoms with Crippen LogP contribution >= 0.6 is 0 Å². The maximum Gasteiger partial charge on any atom is 0.134 e. The Bertz CT molecular complexity index is 395. The lowest BCUT2D eigenvalue weighted by Crippen LogP contribution is -2.22. The molecule has 0 unspecified atom stereocenters. The number of nitrogen functional groups attached to an aromatic ring is 1. The predicted octanol–water partition coefficient (Wildman–Crippen LogP) is 3.20. The molecule has 2 rings (SSSR count). The van der Waals surface area contributed by atoms with E-state index in [-0.39, 0.29) is 0 Å². The van der Waals surface area contributed by atoms with Crippen molar-refractivity contribution in [3.8, 4) is 0 Å². The molecule has 0 radical (unpaired) electrons. The Morgan fingerprint density at radius 2 is 1.61 bits per heavy atom. The van der Waals surface area contributed by atoms with Crippen LogP contribution in [0.3, 0.4) is 0 Å². The molecule has 0 amide bonds. The van der Waals surface area contributed by atoms with E-state index in [9.17, 15) is 0 Å². The fourth-order valence-electron chi connectivity index (χ4n) is 2.58. The van der Waals surface area contributed by atoms with Gasteiger partial charge >= 0.3 is 0 Å². The summed E-state index contributed by atoms with van der Waals surface area (Å²) < 4.78 is 0. The standard InChI is InChI=1S/C14H24N4/c1-10-13(15)16-11(2)17-14(10)18-12-8-6-4-3-5-7-9-12/h12H,3-9H2,1-2H3,(H3,15,16,17,18). The van der Waals surface area contributed by atoms with Crippen molar-refractivity contribution in [1.29, 1.82) is 0 Å². The van der Waals surface area contributed by atoms with Crippen LogP contribution in [0.15, 0.2) is 0 Å². The molecule has 0 saturated heterocycles. The molecule has 4 heteroatoms. The third-order valence-electron chi connectivity index (χ3n) is 3.74. The fraction of sp³-hybridized carbons (Fsp3) is 0.714. The Hall–Kier alpha value is -1.32. The minimum atomic E-state index is 0.540. The van der Waals surface area contributed by atoms with Crippen LogP contribution in [0.5, 0.6) is 0 Å². The van der Waals surface area contributed by atoms with Crippen LogP contribution in [-0.4, -0.2) is 16.0 Å². The molecule has 100 valence electrons. The number of rotatable bonds is 2. The molecule has 4 nitrogen and oxygen atoms in total. The Morgan fingerprint density at radius 3 is 2.28 bits per heavy atom. The molecule has 18 heavy (non-hydrogen) atoms. The van der Waals surface area contributed by atoms with Crippen LogP contribution in [0, 0.1) is 13.8 Å². The van der Waals surface area contributed by atoms with Gasteiger partial charge in [-0.25, -0.2) is 9.97 Å². The highest BCUT2D eigenvalue weighted by Gasteiger charge is 2.14. The summed E-state index contributed by atoms with van der Waals surface area (Å²) in [7, 11) is 0. The Kier molecular flexibility index (Phi) is 4.39.